The highest BCUT2D eigenvalue weighted by Crippen LogP contribution is 2.26. The lowest BCUT2D eigenvalue weighted by Crippen LogP contribution is -2.33. The number of likely N-dealkylation sites (tertiary alicyclic amines) is 1. The Balaban J connectivity index is 2.22. The maximum Gasteiger partial charge on any atom is 0.336 e. The molecular weight excluding hydrogens is 245 g/mol. The van der Waals surface area contributed by atoms with Gasteiger partial charge in [0.15, 0.2) is 0 Å². The van der Waals surface area contributed by atoms with E-state index in [0.29, 0.717) is 24.1 Å². The van der Waals surface area contributed by atoms with Crippen LogP contribution in [0.1, 0.15) is 42.6 Å². The van der Waals surface area contributed by atoms with Gasteiger partial charge in [-0.2, -0.15) is 0 Å². The first-order valence-electron chi connectivity index (χ1n) is 6.75. The van der Waals surface area contributed by atoms with Crippen molar-refractivity contribution < 1.29 is 14.3 Å². The van der Waals surface area contributed by atoms with Gasteiger partial charge in [0, 0.05) is 12.6 Å². The normalized spacial score (nSPS) is 20.1. The molecule has 1 unspecified atom stereocenters. The minimum Gasteiger partial charge on any atom is -0.478 e. The maximum atomic E-state index is 13.3. The van der Waals surface area contributed by atoms with Crippen LogP contribution in [0.25, 0.3) is 0 Å². The third-order valence-corrected chi connectivity index (χ3v) is 3.85. The number of hydrogen-bond donors (Lipinski definition) is 1. The number of carbonyl (C=O) groups is 1. The van der Waals surface area contributed by atoms with Crippen LogP contribution in [0.15, 0.2) is 18.2 Å². The van der Waals surface area contributed by atoms with E-state index in [4.69, 9.17) is 5.11 Å². The van der Waals surface area contributed by atoms with Crippen molar-refractivity contribution in [1.82, 2.24) is 4.90 Å². The molecule has 0 amide bonds. The van der Waals surface area contributed by atoms with Crippen LogP contribution >= 0.6 is 0 Å². The molecular formula is C15H20FNO2. The molecule has 0 radical (unpaired) electrons. The summed E-state index contributed by atoms with van der Waals surface area (Å²) < 4.78 is 13.3. The summed E-state index contributed by atoms with van der Waals surface area (Å²) in [4.78, 5) is 13.5. The van der Waals surface area contributed by atoms with Crippen LogP contribution in [-0.2, 0) is 6.54 Å². The molecule has 19 heavy (non-hydrogen) atoms. The van der Waals surface area contributed by atoms with E-state index in [9.17, 15) is 9.18 Å². The van der Waals surface area contributed by atoms with E-state index >= 15 is 0 Å². The monoisotopic (exact) mass is 265 g/mol. The van der Waals surface area contributed by atoms with Crippen molar-refractivity contribution in [2.75, 3.05) is 6.54 Å². The highest BCUT2D eigenvalue weighted by molar-refractivity contribution is 5.89. The topological polar surface area (TPSA) is 40.5 Å². The van der Waals surface area contributed by atoms with Crippen LogP contribution in [0, 0.1) is 11.7 Å². The van der Waals surface area contributed by atoms with Gasteiger partial charge in [0.05, 0.1) is 5.56 Å². The van der Waals surface area contributed by atoms with Gasteiger partial charge in [0.1, 0.15) is 5.82 Å². The summed E-state index contributed by atoms with van der Waals surface area (Å²) in [5, 5.41) is 9.16. The Bertz CT molecular complexity index is 473. The molecule has 1 atom stereocenters. The summed E-state index contributed by atoms with van der Waals surface area (Å²) in [6.45, 7) is 5.82. The van der Waals surface area contributed by atoms with Crippen molar-refractivity contribution in [3.05, 3.63) is 35.1 Å². The van der Waals surface area contributed by atoms with Crippen LogP contribution in [0.3, 0.4) is 0 Å². The standard InChI is InChI=1S/C15H20FNO2/c1-10(2)14-4-3-7-17(14)9-11-8-12(16)5-6-13(11)15(18)19/h5-6,8,10,14H,3-4,7,9H2,1-2H3,(H,18,19). The van der Waals surface area contributed by atoms with E-state index in [1.54, 1.807) is 0 Å². The summed E-state index contributed by atoms with van der Waals surface area (Å²) in [6, 6.07) is 4.37. The summed E-state index contributed by atoms with van der Waals surface area (Å²) >= 11 is 0. The largest absolute Gasteiger partial charge is 0.478 e. The summed E-state index contributed by atoms with van der Waals surface area (Å²) in [5.41, 5.74) is 0.774. The van der Waals surface area contributed by atoms with E-state index in [-0.39, 0.29) is 11.4 Å². The second-order valence-corrected chi connectivity index (χ2v) is 5.53. The van der Waals surface area contributed by atoms with E-state index in [1.165, 1.54) is 18.2 Å². The fourth-order valence-corrected chi connectivity index (χ4v) is 2.92. The van der Waals surface area contributed by atoms with Crippen LogP contribution in [0.5, 0.6) is 0 Å². The fourth-order valence-electron chi connectivity index (χ4n) is 2.92. The van der Waals surface area contributed by atoms with E-state index in [1.807, 2.05) is 0 Å². The highest BCUT2D eigenvalue weighted by Gasteiger charge is 2.28. The first-order chi connectivity index (χ1) is 8.99. The van der Waals surface area contributed by atoms with Crippen LogP contribution < -0.4 is 0 Å². The Morgan fingerprint density at radius 3 is 2.89 bits per heavy atom. The molecule has 1 heterocycles. The number of aromatic carboxylic acids is 1. The molecule has 3 nitrogen and oxygen atoms in total. The third-order valence-electron chi connectivity index (χ3n) is 3.85. The molecule has 1 aliphatic heterocycles. The zero-order chi connectivity index (χ0) is 14.0. The quantitative estimate of drug-likeness (QED) is 0.909. The molecule has 1 aromatic rings. The Hall–Kier alpha value is -1.42. The van der Waals surface area contributed by atoms with Gasteiger partial charge in [-0.1, -0.05) is 13.8 Å². The average Bonchev–Trinajstić information content (AvgIpc) is 2.76. The lowest BCUT2D eigenvalue weighted by molar-refractivity contribution is 0.0693. The van der Waals surface area contributed by atoms with Crippen molar-refractivity contribution in [2.45, 2.75) is 39.3 Å². The van der Waals surface area contributed by atoms with E-state index < -0.39 is 5.97 Å². The zero-order valence-electron chi connectivity index (χ0n) is 11.4. The third kappa shape index (κ3) is 3.13. The number of benzene rings is 1. The van der Waals surface area contributed by atoms with Crippen molar-refractivity contribution in [2.24, 2.45) is 5.92 Å². The summed E-state index contributed by atoms with van der Waals surface area (Å²) in [7, 11) is 0. The number of carboxylic acids is 1. The molecule has 0 spiro atoms. The SMILES string of the molecule is CC(C)C1CCCN1Cc1cc(F)ccc1C(=O)O. The van der Waals surface area contributed by atoms with Gasteiger partial charge in [0.25, 0.3) is 0 Å². The molecule has 0 aromatic heterocycles. The zero-order valence-corrected chi connectivity index (χ0v) is 11.4. The van der Waals surface area contributed by atoms with Gasteiger partial charge < -0.3 is 5.11 Å². The van der Waals surface area contributed by atoms with Gasteiger partial charge in [-0.25, -0.2) is 9.18 Å². The molecule has 1 aliphatic rings. The number of rotatable bonds is 4. The molecule has 0 bridgehead atoms. The molecule has 1 fully saturated rings. The maximum absolute atomic E-state index is 13.3. The smallest absolute Gasteiger partial charge is 0.336 e. The Morgan fingerprint density at radius 2 is 2.26 bits per heavy atom. The van der Waals surface area contributed by atoms with Crippen LogP contribution in [0.4, 0.5) is 4.39 Å². The number of carboxylic acid groups (broad SMARTS) is 1. The molecule has 1 N–H and O–H groups in total. The molecule has 0 saturated carbocycles. The Labute approximate surface area is 113 Å². The highest BCUT2D eigenvalue weighted by atomic mass is 19.1. The molecule has 1 aromatic carbocycles. The lowest BCUT2D eigenvalue weighted by atomic mass is 10.0. The summed E-state index contributed by atoms with van der Waals surface area (Å²) in [6.07, 6.45) is 2.26. The number of nitrogens with zero attached hydrogens (tertiary/aromatic N) is 1. The van der Waals surface area contributed by atoms with Crippen LogP contribution in [-0.4, -0.2) is 28.6 Å². The van der Waals surface area contributed by atoms with Gasteiger partial charge >= 0.3 is 5.97 Å². The van der Waals surface area contributed by atoms with Crippen molar-refractivity contribution in [1.29, 1.82) is 0 Å². The molecule has 104 valence electrons. The first-order valence-corrected chi connectivity index (χ1v) is 6.75. The van der Waals surface area contributed by atoms with Crippen LogP contribution in [0.2, 0.25) is 0 Å². The van der Waals surface area contributed by atoms with Gasteiger partial charge in [-0.05, 0) is 49.1 Å². The number of halogens is 1. The lowest BCUT2D eigenvalue weighted by Gasteiger charge is -2.28. The van der Waals surface area contributed by atoms with Crippen molar-refractivity contribution in [3.8, 4) is 0 Å². The Morgan fingerprint density at radius 1 is 1.53 bits per heavy atom. The average molecular weight is 265 g/mol. The summed E-state index contributed by atoms with van der Waals surface area (Å²) in [5.74, 6) is -0.833. The van der Waals surface area contributed by atoms with E-state index in [0.717, 1.165) is 19.4 Å². The number of hydrogen-bond acceptors (Lipinski definition) is 2. The second kappa shape index (κ2) is 5.70. The molecule has 1 saturated heterocycles. The predicted molar refractivity (Wildman–Crippen MR) is 71.6 cm³/mol. The van der Waals surface area contributed by atoms with Gasteiger partial charge in [-0.3, -0.25) is 4.90 Å². The minimum absolute atomic E-state index is 0.204. The molecule has 4 heteroatoms. The molecule has 0 aliphatic carbocycles. The van der Waals surface area contributed by atoms with E-state index in [2.05, 4.69) is 18.7 Å². The predicted octanol–water partition coefficient (Wildman–Crippen LogP) is 3.14. The van der Waals surface area contributed by atoms with Crippen molar-refractivity contribution in [3.63, 3.8) is 0 Å². The first kappa shape index (κ1) is 14.0. The second-order valence-electron chi connectivity index (χ2n) is 5.53. The molecule has 2 rings (SSSR count). The minimum atomic E-state index is -0.990. The van der Waals surface area contributed by atoms with Crippen molar-refractivity contribution >= 4 is 5.97 Å². The Kier molecular flexibility index (Phi) is 4.20. The van der Waals surface area contributed by atoms with Gasteiger partial charge in [0.2, 0.25) is 0 Å². The van der Waals surface area contributed by atoms with Gasteiger partial charge in [-0.15, -0.1) is 0 Å². The fraction of sp³-hybridized carbons (Fsp3) is 0.533.